The number of carbonyl (C=O) groups excluding carboxylic acids is 1. The lowest BCUT2D eigenvalue weighted by Gasteiger charge is -2.27. The van der Waals surface area contributed by atoms with Crippen molar-refractivity contribution in [2.24, 2.45) is 11.7 Å². The fourth-order valence-corrected chi connectivity index (χ4v) is 4.75. The molecule has 2 aromatic carbocycles. The number of aryl methyl sites for hydroxylation is 2. The van der Waals surface area contributed by atoms with E-state index in [2.05, 4.69) is 60.9 Å². The number of amides is 1. The van der Waals surface area contributed by atoms with Crippen LogP contribution in [0.2, 0.25) is 0 Å². The van der Waals surface area contributed by atoms with Crippen LogP contribution in [0.4, 0.5) is 5.69 Å². The second-order valence-electron chi connectivity index (χ2n) is 9.38. The molecule has 5 heteroatoms. The lowest BCUT2D eigenvalue weighted by Crippen LogP contribution is -2.31. The molecule has 0 fully saturated rings. The molecule has 2 N–H and O–H groups in total. The van der Waals surface area contributed by atoms with Gasteiger partial charge in [0.2, 0.25) is 5.91 Å². The minimum absolute atomic E-state index is 0.395. The van der Waals surface area contributed by atoms with Crippen LogP contribution in [-0.4, -0.2) is 31.4 Å². The summed E-state index contributed by atoms with van der Waals surface area (Å²) in [5.74, 6) is 1.86. The molecule has 184 valence electrons. The monoisotopic (exact) mass is 480 g/mol. The lowest BCUT2D eigenvalue weighted by molar-refractivity contribution is 0.100. The molecule has 2 aromatic rings. The van der Waals surface area contributed by atoms with Gasteiger partial charge in [0.05, 0.1) is 12.3 Å². The summed E-state index contributed by atoms with van der Waals surface area (Å²) in [5, 5.41) is 0. The van der Waals surface area contributed by atoms with Crippen LogP contribution in [0, 0.1) is 12.8 Å². The van der Waals surface area contributed by atoms with Gasteiger partial charge in [0, 0.05) is 24.6 Å². The number of unbranched alkanes of at least 4 members (excludes halogenated alkanes) is 3. The minimum Gasteiger partial charge on any atom is -0.491 e. The lowest BCUT2D eigenvalue weighted by atomic mass is 9.98. The first-order valence-corrected chi connectivity index (χ1v) is 13.3. The smallest absolute Gasteiger partial charge is 0.248 e. The van der Waals surface area contributed by atoms with Crippen molar-refractivity contribution in [3.05, 3.63) is 71.3 Å². The largest absolute Gasteiger partial charge is 0.491 e. The highest BCUT2D eigenvalue weighted by Gasteiger charge is 2.23. The van der Waals surface area contributed by atoms with Crippen LogP contribution in [0.5, 0.6) is 5.75 Å². The maximum Gasteiger partial charge on any atom is 0.248 e. The third-order valence-electron chi connectivity index (χ3n) is 6.44. The molecule has 1 atom stereocenters. The second kappa shape index (κ2) is 14.1. The molecule has 0 radical (unpaired) electrons. The van der Waals surface area contributed by atoms with E-state index >= 15 is 0 Å². The first-order valence-electron chi connectivity index (χ1n) is 12.7. The Kier molecular flexibility index (Phi) is 10.9. The molecule has 1 amide bonds. The molecule has 1 aliphatic rings. The number of carbonyl (C=O) groups is 1. The number of nitrogens with zero attached hydrogens (tertiary/aromatic N) is 1. The summed E-state index contributed by atoms with van der Waals surface area (Å²) in [6.45, 7) is 4.76. The summed E-state index contributed by atoms with van der Waals surface area (Å²) < 4.78 is 6.22. The van der Waals surface area contributed by atoms with Crippen molar-refractivity contribution in [1.82, 2.24) is 0 Å². The van der Waals surface area contributed by atoms with Gasteiger partial charge in [0.15, 0.2) is 0 Å². The molecular weight excluding hydrogens is 440 g/mol. The Hall–Kier alpha value is -2.40. The predicted molar refractivity (Wildman–Crippen MR) is 146 cm³/mol. The standard InChI is InChI=1S/C29H40N2O2S/c1-23-11-9-12-24(19-23)13-10-14-25-21-31(17-7-5-3-2-4-6-8-18-34)27-20-26(29(30)32)15-16-28(27)33-22-25/h2,4,9,11-12,15-16,19-20,25,34H,3,5-8,10,13-14,17-18,21-22H2,1H3,(H2,30,32)/b4-2+. The number of nitrogens with two attached hydrogens (primary N) is 1. The molecule has 1 aliphatic heterocycles. The highest BCUT2D eigenvalue weighted by molar-refractivity contribution is 7.80. The van der Waals surface area contributed by atoms with Crippen LogP contribution >= 0.6 is 12.6 Å². The van der Waals surface area contributed by atoms with E-state index in [0.717, 1.165) is 81.6 Å². The van der Waals surface area contributed by atoms with Gasteiger partial charge < -0.3 is 15.4 Å². The van der Waals surface area contributed by atoms with Crippen LogP contribution in [0.1, 0.15) is 66.4 Å². The quantitative estimate of drug-likeness (QED) is 0.199. The van der Waals surface area contributed by atoms with E-state index in [-0.39, 0.29) is 0 Å². The maximum atomic E-state index is 11.8. The average Bonchev–Trinajstić information content (AvgIpc) is 3.00. The first kappa shape index (κ1) is 26.2. The van der Waals surface area contributed by atoms with Gasteiger partial charge in [-0.15, -0.1) is 0 Å². The van der Waals surface area contributed by atoms with Gasteiger partial charge in [-0.2, -0.15) is 12.6 Å². The first-order chi connectivity index (χ1) is 16.6. The summed E-state index contributed by atoms with van der Waals surface area (Å²) in [4.78, 5) is 14.2. The molecule has 1 heterocycles. The highest BCUT2D eigenvalue weighted by atomic mass is 32.1. The zero-order valence-electron chi connectivity index (χ0n) is 20.5. The molecule has 0 spiro atoms. The van der Waals surface area contributed by atoms with Crippen LogP contribution in [0.25, 0.3) is 0 Å². The van der Waals surface area contributed by atoms with Crippen molar-refractivity contribution in [3.63, 3.8) is 0 Å². The SMILES string of the molecule is Cc1cccc(CCCC2COc3ccc(C(N)=O)cc3N(CCCC/C=C/CCCS)C2)c1. The third-order valence-corrected chi connectivity index (χ3v) is 6.76. The summed E-state index contributed by atoms with van der Waals surface area (Å²) >= 11 is 4.26. The zero-order valence-corrected chi connectivity index (χ0v) is 21.4. The molecular formula is C29H40N2O2S. The number of hydrogen-bond donors (Lipinski definition) is 2. The minimum atomic E-state index is -0.395. The van der Waals surface area contributed by atoms with Crippen LogP contribution < -0.4 is 15.4 Å². The molecule has 0 aromatic heterocycles. The van der Waals surface area contributed by atoms with Crippen molar-refractivity contribution in [2.75, 3.05) is 30.3 Å². The van der Waals surface area contributed by atoms with E-state index in [0.29, 0.717) is 18.1 Å². The van der Waals surface area contributed by atoms with E-state index in [1.165, 1.54) is 11.1 Å². The number of anilines is 1. The van der Waals surface area contributed by atoms with Crippen molar-refractivity contribution in [2.45, 2.75) is 58.3 Å². The van der Waals surface area contributed by atoms with Crippen molar-refractivity contribution in [3.8, 4) is 5.75 Å². The molecule has 34 heavy (non-hydrogen) atoms. The highest BCUT2D eigenvalue weighted by Crippen LogP contribution is 2.34. The Morgan fingerprint density at radius 3 is 2.71 bits per heavy atom. The summed E-state index contributed by atoms with van der Waals surface area (Å²) in [6.07, 6.45) is 13.5. The fourth-order valence-electron chi connectivity index (χ4n) is 4.57. The molecule has 0 saturated heterocycles. The number of ether oxygens (including phenoxy) is 1. The van der Waals surface area contributed by atoms with E-state index < -0.39 is 5.91 Å². The third kappa shape index (κ3) is 8.43. The van der Waals surface area contributed by atoms with Crippen LogP contribution in [0.3, 0.4) is 0 Å². The maximum absolute atomic E-state index is 11.8. The van der Waals surface area contributed by atoms with Gasteiger partial charge in [-0.3, -0.25) is 4.79 Å². The molecule has 3 rings (SSSR count). The van der Waals surface area contributed by atoms with E-state index in [9.17, 15) is 4.79 Å². The Bertz CT molecular complexity index is 943. The molecule has 0 bridgehead atoms. The van der Waals surface area contributed by atoms with E-state index in [1.807, 2.05) is 12.1 Å². The number of fused-ring (bicyclic) bond motifs is 1. The zero-order chi connectivity index (χ0) is 24.2. The molecule has 0 aliphatic carbocycles. The Morgan fingerprint density at radius 2 is 1.94 bits per heavy atom. The number of allylic oxidation sites excluding steroid dienone is 2. The van der Waals surface area contributed by atoms with Gasteiger partial charge in [-0.05, 0) is 87.8 Å². The van der Waals surface area contributed by atoms with E-state index in [4.69, 9.17) is 10.5 Å². The fraction of sp³-hybridized carbons (Fsp3) is 0.483. The number of primary amides is 1. The summed E-state index contributed by atoms with van der Waals surface area (Å²) in [6, 6.07) is 14.4. The number of benzene rings is 2. The predicted octanol–water partition coefficient (Wildman–Crippen LogP) is 6.37. The van der Waals surface area contributed by atoms with Crippen molar-refractivity contribution >= 4 is 24.2 Å². The van der Waals surface area contributed by atoms with Crippen molar-refractivity contribution < 1.29 is 9.53 Å². The summed E-state index contributed by atoms with van der Waals surface area (Å²) in [5.41, 5.74) is 9.83. The normalized spacial score (nSPS) is 15.7. The number of hydrogen-bond acceptors (Lipinski definition) is 4. The van der Waals surface area contributed by atoms with Gasteiger partial charge in [0.1, 0.15) is 5.75 Å². The van der Waals surface area contributed by atoms with Gasteiger partial charge >= 0.3 is 0 Å². The van der Waals surface area contributed by atoms with Gasteiger partial charge in [-0.1, -0.05) is 42.0 Å². The molecule has 4 nitrogen and oxygen atoms in total. The second-order valence-corrected chi connectivity index (χ2v) is 9.83. The number of rotatable bonds is 13. The Labute approximate surface area is 211 Å². The van der Waals surface area contributed by atoms with Gasteiger partial charge in [0.25, 0.3) is 0 Å². The number of thiol groups is 1. The van der Waals surface area contributed by atoms with Crippen LogP contribution in [-0.2, 0) is 6.42 Å². The van der Waals surface area contributed by atoms with Crippen molar-refractivity contribution in [1.29, 1.82) is 0 Å². The molecule has 1 unspecified atom stereocenters. The topological polar surface area (TPSA) is 55.6 Å². The Balaban J connectivity index is 1.59. The average molecular weight is 481 g/mol. The molecule has 0 saturated carbocycles. The Morgan fingerprint density at radius 1 is 1.12 bits per heavy atom. The van der Waals surface area contributed by atoms with Gasteiger partial charge in [-0.25, -0.2) is 0 Å². The van der Waals surface area contributed by atoms with E-state index in [1.54, 1.807) is 6.07 Å². The summed E-state index contributed by atoms with van der Waals surface area (Å²) in [7, 11) is 0. The van der Waals surface area contributed by atoms with Crippen LogP contribution in [0.15, 0.2) is 54.6 Å².